The number of carbonyl (C=O) groups is 3. The number of carbonyl (C=O) groups excluding carboxylic acids is 2. The second-order valence-electron chi connectivity index (χ2n) is 7.25. The van der Waals surface area contributed by atoms with E-state index >= 15 is 0 Å². The lowest BCUT2D eigenvalue weighted by molar-refractivity contribution is -0.139. The van der Waals surface area contributed by atoms with Gasteiger partial charge in [0.05, 0.1) is 26.4 Å². The molecule has 1 aliphatic carbocycles. The van der Waals surface area contributed by atoms with Crippen molar-refractivity contribution in [1.82, 2.24) is 5.32 Å². The number of carboxylic acids is 1. The van der Waals surface area contributed by atoms with Gasteiger partial charge in [-0.05, 0) is 63.1 Å². The number of esters is 1. The van der Waals surface area contributed by atoms with Crippen molar-refractivity contribution in [3.05, 3.63) is 78.0 Å². The van der Waals surface area contributed by atoms with Gasteiger partial charge in [0.1, 0.15) is 5.75 Å². The third kappa shape index (κ3) is 3.73. The fourth-order valence-electron chi connectivity index (χ4n) is 4.06. The molecule has 0 saturated heterocycles. The Labute approximate surface area is 205 Å². The van der Waals surface area contributed by atoms with Gasteiger partial charge in [0.25, 0.3) is 0 Å². The van der Waals surface area contributed by atoms with E-state index in [1.165, 1.54) is 7.11 Å². The predicted octanol–water partition coefficient (Wildman–Crippen LogP) is 4.26. The molecule has 0 unspecified atom stereocenters. The van der Waals surface area contributed by atoms with Crippen molar-refractivity contribution in [1.29, 1.82) is 0 Å². The Balaban J connectivity index is 1.89. The lowest BCUT2D eigenvalue weighted by Gasteiger charge is -2.29. The van der Waals surface area contributed by atoms with Crippen molar-refractivity contribution >= 4 is 61.9 Å². The monoisotopic (exact) mass is 609 g/mol. The highest BCUT2D eigenvalue weighted by Crippen LogP contribution is 2.48. The van der Waals surface area contributed by atoms with Gasteiger partial charge >= 0.3 is 11.9 Å². The van der Waals surface area contributed by atoms with Gasteiger partial charge in [0.2, 0.25) is 0 Å². The van der Waals surface area contributed by atoms with Crippen molar-refractivity contribution in [3.63, 3.8) is 0 Å². The molecule has 1 aliphatic heterocycles. The van der Waals surface area contributed by atoms with E-state index < -0.39 is 24.5 Å². The van der Waals surface area contributed by atoms with Gasteiger partial charge in [-0.3, -0.25) is 4.79 Å². The molecule has 2 N–H and O–H groups in total. The van der Waals surface area contributed by atoms with Gasteiger partial charge in [-0.2, -0.15) is 0 Å². The summed E-state index contributed by atoms with van der Waals surface area (Å²) in [5.41, 5.74) is 4.13. The Hall–Kier alpha value is -2.66. The molecule has 0 spiro atoms. The maximum atomic E-state index is 13.4. The van der Waals surface area contributed by atoms with Crippen molar-refractivity contribution in [2.45, 2.75) is 12.8 Å². The first-order valence-electron chi connectivity index (χ1n) is 9.52. The van der Waals surface area contributed by atoms with Crippen LogP contribution in [0.5, 0.6) is 5.75 Å². The van der Waals surface area contributed by atoms with Crippen molar-refractivity contribution < 1.29 is 29.0 Å². The minimum Gasteiger partial charge on any atom is -0.480 e. The zero-order valence-electron chi connectivity index (χ0n) is 17.0. The van der Waals surface area contributed by atoms with Gasteiger partial charge < -0.3 is 19.9 Å². The number of benzene rings is 2. The summed E-state index contributed by atoms with van der Waals surface area (Å²) in [5, 5.41) is 12.2. The van der Waals surface area contributed by atoms with Crippen molar-refractivity contribution in [2.75, 3.05) is 13.7 Å². The molecule has 164 valence electrons. The van der Waals surface area contributed by atoms with E-state index in [1.54, 1.807) is 31.2 Å². The molecule has 1 atom stereocenters. The van der Waals surface area contributed by atoms with E-state index in [4.69, 9.17) is 14.6 Å². The van der Waals surface area contributed by atoms with Gasteiger partial charge in [0.15, 0.2) is 12.4 Å². The average molecular weight is 610 g/mol. The second-order valence-corrected chi connectivity index (χ2v) is 9.26. The molecule has 4 rings (SSSR count). The quantitative estimate of drug-likeness (QED) is 0.386. The third-order valence-corrected chi connectivity index (χ3v) is 6.74. The van der Waals surface area contributed by atoms with Crippen LogP contribution in [0.1, 0.15) is 34.3 Å². The topological polar surface area (TPSA) is 102 Å². The number of aliphatic carboxylic acids is 1. The second kappa shape index (κ2) is 8.70. The minimum atomic E-state index is -1.09. The summed E-state index contributed by atoms with van der Waals surface area (Å²) in [5.74, 6) is -2.07. The molecule has 0 amide bonds. The third-order valence-electron chi connectivity index (χ3n) is 5.35. The number of rotatable bonds is 5. The number of carboxylic acid groups (broad SMARTS) is 1. The molecule has 2 aliphatic rings. The number of allylic oxidation sites excluding steroid dienone is 2. The average Bonchev–Trinajstić information content (AvgIpc) is 3.03. The largest absolute Gasteiger partial charge is 0.480 e. The van der Waals surface area contributed by atoms with E-state index in [1.807, 2.05) is 34.7 Å². The van der Waals surface area contributed by atoms with Crippen LogP contribution in [0.4, 0.5) is 0 Å². The van der Waals surface area contributed by atoms with E-state index in [0.29, 0.717) is 47.5 Å². The summed E-state index contributed by atoms with van der Waals surface area (Å²) in [6, 6.07) is 10.8. The Morgan fingerprint density at radius 3 is 2.53 bits per heavy atom. The van der Waals surface area contributed by atoms with Crippen LogP contribution in [0.25, 0.3) is 5.70 Å². The van der Waals surface area contributed by atoms with Gasteiger partial charge in [-0.25, -0.2) is 9.59 Å². The summed E-state index contributed by atoms with van der Waals surface area (Å²) in [6.07, 6.45) is 0. The number of ether oxygens (including phenoxy) is 2. The number of fused-ring (bicyclic) bond motifs is 2. The Bertz CT molecular complexity index is 1230. The molecule has 0 bridgehead atoms. The molecular weight excluding hydrogens is 593 g/mol. The zero-order chi connectivity index (χ0) is 23.2. The smallest absolute Gasteiger partial charge is 0.341 e. The molecule has 7 nitrogen and oxygen atoms in total. The normalized spacial score (nSPS) is 17.0. The summed E-state index contributed by atoms with van der Waals surface area (Å²) >= 11 is 5.49. The molecule has 2 aromatic carbocycles. The number of hydrogen-bond donors (Lipinski definition) is 2. The number of halogens is 2. The molecule has 0 fully saturated rings. The first-order valence-corrected chi connectivity index (χ1v) is 11.4. The van der Waals surface area contributed by atoms with E-state index in [9.17, 15) is 14.4 Å². The van der Waals surface area contributed by atoms with E-state index in [0.717, 1.165) is 5.56 Å². The molecule has 1 heterocycles. The van der Waals surface area contributed by atoms with Crippen LogP contribution in [-0.2, 0) is 14.3 Å². The first-order chi connectivity index (χ1) is 15.2. The van der Waals surface area contributed by atoms with Gasteiger partial charge in [-0.1, -0.05) is 24.3 Å². The van der Waals surface area contributed by atoms with Crippen molar-refractivity contribution in [3.8, 4) is 5.75 Å². The first kappa shape index (κ1) is 22.5. The van der Waals surface area contributed by atoms with Crippen LogP contribution in [0.3, 0.4) is 0 Å². The molecule has 0 aromatic heterocycles. The number of hydrogen-bond acceptors (Lipinski definition) is 6. The molecule has 9 heteroatoms. The molecule has 0 saturated carbocycles. The van der Waals surface area contributed by atoms with Crippen LogP contribution in [0, 0.1) is 3.57 Å². The van der Waals surface area contributed by atoms with Gasteiger partial charge in [0, 0.05) is 28.3 Å². The van der Waals surface area contributed by atoms with Crippen LogP contribution in [-0.4, -0.2) is 36.5 Å². The lowest BCUT2D eigenvalue weighted by atomic mass is 9.80. The molecule has 32 heavy (non-hydrogen) atoms. The fourth-order valence-corrected chi connectivity index (χ4v) is 5.83. The summed E-state index contributed by atoms with van der Waals surface area (Å²) in [7, 11) is 1.30. The Kier molecular flexibility index (Phi) is 6.13. The molecule has 0 radical (unpaired) electrons. The number of dihydropyridines is 1. The standard InChI is InChI=1S/C23H17BrINO6/c1-10-17(23(30)31-2)18(11-7-14(24)22(15(25)8-11)32-9-16(27)28)19-20(26-10)12-5-3-4-6-13(12)21(19)29/h3-8,18,26H,9H2,1-2H3,(H,27,28)/t18-/m0/s1. The summed E-state index contributed by atoms with van der Waals surface area (Å²) in [6.45, 7) is 1.29. The molecular formula is C23H17BrINO6. The Morgan fingerprint density at radius 1 is 1.22 bits per heavy atom. The fraction of sp³-hybridized carbons (Fsp3) is 0.174. The summed E-state index contributed by atoms with van der Waals surface area (Å²) in [4.78, 5) is 37.1. The van der Waals surface area contributed by atoms with E-state index in [2.05, 4.69) is 21.2 Å². The zero-order valence-corrected chi connectivity index (χ0v) is 20.7. The Morgan fingerprint density at radius 2 is 1.91 bits per heavy atom. The van der Waals surface area contributed by atoms with Crippen LogP contribution >= 0.6 is 38.5 Å². The lowest BCUT2D eigenvalue weighted by Crippen LogP contribution is -2.29. The van der Waals surface area contributed by atoms with Crippen LogP contribution < -0.4 is 10.1 Å². The highest BCUT2D eigenvalue weighted by atomic mass is 127. The maximum absolute atomic E-state index is 13.4. The van der Waals surface area contributed by atoms with Gasteiger partial charge in [-0.15, -0.1) is 0 Å². The van der Waals surface area contributed by atoms with Crippen molar-refractivity contribution in [2.24, 2.45) is 0 Å². The number of Topliss-reactive ketones (excluding diaryl/α,β-unsaturated/α-hetero) is 1. The predicted molar refractivity (Wildman–Crippen MR) is 128 cm³/mol. The minimum absolute atomic E-state index is 0.153. The van der Waals surface area contributed by atoms with Crippen LogP contribution in [0.15, 0.2) is 57.7 Å². The number of ketones is 1. The van der Waals surface area contributed by atoms with E-state index in [-0.39, 0.29) is 5.78 Å². The highest BCUT2D eigenvalue weighted by molar-refractivity contribution is 14.1. The molecule has 2 aromatic rings. The number of methoxy groups -OCH3 is 1. The van der Waals surface area contributed by atoms with Crippen LogP contribution in [0.2, 0.25) is 0 Å². The highest BCUT2D eigenvalue weighted by Gasteiger charge is 2.43. The number of nitrogens with one attached hydrogen (secondary N) is 1. The SMILES string of the molecule is COC(=O)C1=C(C)NC2=C(C(=O)c3ccccc32)[C@H]1c1cc(Br)c(OCC(=O)O)c(I)c1. The maximum Gasteiger partial charge on any atom is 0.341 e. The summed E-state index contributed by atoms with van der Waals surface area (Å²) < 4.78 is 11.6.